The summed E-state index contributed by atoms with van der Waals surface area (Å²) in [7, 11) is 0. The van der Waals surface area contributed by atoms with Crippen LogP contribution in [-0.4, -0.2) is 38.6 Å². The number of nitro groups is 1. The van der Waals surface area contributed by atoms with Gasteiger partial charge < -0.3 is 5.32 Å². The second-order valence-corrected chi connectivity index (χ2v) is 7.52. The lowest BCUT2D eigenvalue weighted by atomic mass is 9.96. The smallest absolute Gasteiger partial charge is 0.270 e. The molecule has 1 aliphatic heterocycles. The lowest BCUT2D eigenvalue weighted by Crippen LogP contribution is -2.41. The second kappa shape index (κ2) is 8.58. The summed E-state index contributed by atoms with van der Waals surface area (Å²) in [5.41, 5.74) is 1.77. The van der Waals surface area contributed by atoms with Crippen LogP contribution in [0.25, 0.3) is 10.9 Å². The Morgan fingerprint density at radius 2 is 1.93 bits per heavy atom. The van der Waals surface area contributed by atoms with Crippen LogP contribution in [0.3, 0.4) is 0 Å². The van der Waals surface area contributed by atoms with Gasteiger partial charge in [0.25, 0.3) is 5.69 Å². The van der Waals surface area contributed by atoms with Crippen molar-refractivity contribution in [3.63, 3.8) is 0 Å². The Hall–Kier alpha value is -3.33. The van der Waals surface area contributed by atoms with Crippen molar-refractivity contribution in [3.05, 3.63) is 70.2 Å². The first-order valence-electron chi connectivity index (χ1n) is 9.84. The van der Waals surface area contributed by atoms with Crippen LogP contribution in [0, 0.1) is 21.8 Å². The number of non-ortho nitro benzene ring substituents is 1. The Kier molecular flexibility index (Phi) is 5.71. The van der Waals surface area contributed by atoms with Crippen LogP contribution < -0.4 is 5.32 Å². The van der Waals surface area contributed by atoms with Crippen molar-refractivity contribution in [2.24, 2.45) is 5.92 Å². The summed E-state index contributed by atoms with van der Waals surface area (Å²) in [6.07, 6.45) is 3.14. The maximum atomic E-state index is 13.0. The summed E-state index contributed by atoms with van der Waals surface area (Å²) in [6.45, 7) is 2.50. The summed E-state index contributed by atoms with van der Waals surface area (Å²) in [4.78, 5) is 25.2. The molecule has 0 radical (unpaired) electrons. The first-order chi connectivity index (χ1) is 14.5. The number of piperidine rings is 1. The third kappa shape index (κ3) is 4.46. The molecule has 1 aromatic heterocycles. The van der Waals surface area contributed by atoms with E-state index in [9.17, 15) is 19.3 Å². The highest BCUT2D eigenvalue weighted by Crippen LogP contribution is 2.22. The average Bonchev–Trinajstić information content (AvgIpc) is 3.15. The maximum Gasteiger partial charge on any atom is 0.270 e. The van der Waals surface area contributed by atoms with E-state index in [1.54, 1.807) is 24.4 Å². The van der Waals surface area contributed by atoms with Gasteiger partial charge in [-0.3, -0.25) is 24.5 Å². The number of carbonyl (C=O) groups excluding carboxylic acids is 1. The summed E-state index contributed by atoms with van der Waals surface area (Å²) in [6, 6.07) is 10.8. The fourth-order valence-corrected chi connectivity index (χ4v) is 3.76. The van der Waals surface area contributed by atoms with Crippen molar-refractivity contribution in [2.45, 2.75) is 26.1 Å². The summed E-state index contributed by atoms with van der Waals surface area (Å²) in [5.74, 6) is -0.310. The minimum atomic E-state index is -0.414. The molecule has 30 heavy (non-hydrogen) atoms. The molecule has 1 amide bonds. The normalized spacial score (nSPS) is 15.4. The van der Waals surface area contributed by atoms with Crippen LogP contribution in [0.1, 0.15) is 18.4 Å². The Labute approximate surface area is 172 Å². The summed E-state index contributed by atoms with van der Waals surface area (Å²) < 4.78 is 14.8. The number of rotatable bonds is 6. The molecule has 2 aromatic carbocycles. The second-order valence-electron chi connectivity index (χ2n) is 7.52. The first-order valence-corrected chi connectivity index (χ1v) is 9.84. The Bertz CT molecular complexity index is 1060. The van der Waals surface area contributed by atoms with Crippen LogP contribution in [0.2, 0.25) is 0 Å². The number of hydrogen-bond acceptors (Lipinski definition) is 5. The molecule has 0 spiro atoms. The highest BCUT2D eigenvalue weighted by Gasteiger charge is 2.25. The quantitative estimate of drug-likeness (QED) is 0.497. The molecule has 0 bridgehead atoms. The fourth-order valence-electron chi connectivity index (χ4n) is 3.76. The molecule has 1 saturated heterocycles. The van der Waals surface area contributed by atoms with Crippen molar-refractivity contribution in [1.29, 1.82) is 0 Å². The molecule has 1 N–H and O–H groups in total. The molecule has 8 nitrogen and oxygen atoms in total. The van der Waals surface area contributed by atoms with E-state index in [4.69, 9.17) is 0 Å². The number of amides is 1. The lowest BCUT2D eigenvalue weighted by Gasteiger charge is -2.31. The minimum absolute atomic E-state index is 0.0239. The molecule has 1 aliphatic rings. The van der Waals surface area contributed by atoms with Crippen molar-refractivity contribution >= 4 is 22.5 Å². The van der Waals surface area contributed by atoms with Crippen LogP contribution in [0.15, 0.2) is 48.7 Å². The topological polar surface area (TPSA) is 93.3 Å². The van der Waals surface area contributed by atoms with Crippen LogP contribution in [0.5, 0.6) is 0 Å². The van der Waals surface area contributed by atoms with Crippen molar-refractivity contribution in [3.8, 4) is 0 Å². The Morgan fingerprint density at radius 3 is 2.63 bits per heavy atom. The lowest BCUT2D eigenvalue weighted by molar-refractivity contribution is -0.384. The molecular formula is C21H22FN5O3. The van der Waals surface area contributed by atoms with E-state index in [1.807, 2.05) is 4.68 Å². The number of likely N-dealkylation sites (tertiary alicyclic amines) is 1. The molecule has 9 heteroatoms. The van der Waals surface area contributed by atoms with E-state index in [-0.39, 0.29) is 23.3 Å². The molecule has 2 heterocycles. The van der Waals surface area contributed by atoms with Crippen molar-refractivity contribution < 1.29 is 14.1 Å². The SMILES string of the molecule is O=C(NCc1ccc(F)cc1)C1CCN(Cn2ncc3cc([N+](=O)[O-])ccc32)CC1. The van der Waals surface area contributed by atoms with E-state index >= 15 is 0 Å². The minimum Gasteiger partial charge on any atom is -0.352 e. The standard InChI is InChI=1S/C21H22FN5O3/c22-18-3-1-15(2-4-18)12-23-21(28)16-7-9-25(10-8-16)14-26-20-6-5-19(27(29)30)11-17(20)13-24-26/h1-6,11,13,16H,7-10,12,14H2,(H,23,28). The molecule has 0 atom stereocenters. The number of benzene rings is 2. The number of hydrogen-bond donors (Lipinski definition) is 1. The summed E-state index contributed by atoms with van der Waals surface area (Å²) >= 11 is 0. The van der Waals surface area contributed by atoms with Gasteiger partial charge in [-0.25, -0.2) is 4.39 Å². The van der Waals surface area contributed by atoms with Gasteiger partial charge in [-0.15, -0.1) is 0 Å². The van der Waals surface area contributed by atoms with Crippen LogP contribution in [-0.2, 0) is 18.0 Å². The average molecular weight is 411 g/mol. The largest absolute Gasteiger partial charge is 0.352 e. The Balaban J connectivity index is 1.29. The van der Waals surface area contributed by atoms with Gasteiger partial charge in [0, 0.05) is 43.1 Å². The zero-order valence-corrected chi connectivity index (χ0v) is 16.3. The van der Waals surface area contributed by atoms with Gasteiger partial charge in [-0.1, -0.05) is 12.1 Å². The zero-order chi connectivity index (χ0) is 21.1. The predicted octanol–water partition coefficient (Wildman–Crippen LogP) is 3.07. The van der Waals surface area contributed by atoms with Gasteiger partial charge in [-0.2, -0.15) is 5.10 Å². The van der Waals surface area contributed by atoms with E-state index < -0.39 is 4.92 Å². The van der Waals surface area contributed by atoms with Gasteiger partial charge in [0.15, 0.2) is 0 Å². The van der Waals surface area contributed by atoms with Gasteiger partial charge in [0.1, 0.15) is 5.82 Å². The van der Waals surface area contributed by atoms with E-state index in [0.717, 1.165) is 42.4 Å². The molecule has 0 aliphatic carbocycles. The van der Waals surface area contributed by atoms with E-state index in [0.29, 0.717) is 13.2 Å². The third-order valence-electron chi connectivity index (χ3n) is 5.51. The van der Waals surface area contributed by atoms with Crippen molar-refractivity contribution in [1.82, 2.24) is 20.0 Å². The molecular weight excluding hydrogens is 389 g/mol. The number of nitrogens with zero attached hydrogens (tertiary/aromatic N) is 4. The number of nitro benzene ring substituents is 1. The fraction of sp³-hybridized carbons (Fsp3) is 0.333. The molecule has 156 valence electrons. The van der Waals surface area contributed by atoms with Crippen LogP contribution >= 0.6 is 0 Å². The first kappa shape index (κ1) is 20.0. The highest BCUT2D eigenvalue weighted by molar-refractivity contribution is 5.81. The number of fused-ring (bicyclic) bond motifs is 1. The molecule has 3 aromatic rings. The van der Waals surface area contributed by atoms with Gasteiger partial charge in [0.2, 0.25) is 5.91 Å². The molecule has 0 saturated carbocycles. The zero-order valence-electron chi connectivity index (χ0n) is 16.3. The highest BCUT2D eigenvalue weighted by atomic mass is 19.1. The van der Waals surface area contributed by atoms with E-state index in [2.05, 4.69) is 15.3 Å². The molecule has 4 rings (SSSR count). The number of carbonyl (C=O) groups is 1. The summed E-state index contributed by atoms with van der Waals surface area (Å²) in [5, 5.41) is 18.9. The van der Waals surface area contributed by atoms with Gasteiger partial charge in [-0.05, 0) is 36.6 Å². The monoisotopic (exact) mass is 411 g/mol. The van der Waals surface area contributed by atoms with Gasteiger partial charge in [0.05, 0.1) is 23.3 Å². The maximum absolute atomic E-state index is 13.0. The predicted molar refractivity (Wildman–Crippen MR) is 109 cm³/mol. The molecule has 0 unspecified atom stereocenters. The van der Waals surface area contributed by atoms with Crippen LogP contribution in [0.4, 0.5) is 10.1 Å². The van der Waals surface area contributed by atoms with E-state index in [1.165, 1.54) is 24.3 Å². The third-order valence-corrected chi connectivity index (χ3v) is 5.51. The Morgan fingerprint density at radius 1 is 1.20 bits per heavy atom. The van der Waals surface area contributed by atoms with Gasteiger partial charge >= 0.3 is 0 Å². The molecule has 1 fully saturated rings. The van der Waals surface area contributed by atoms with Crippen molar-refractivity contribution in [2.75, 3.05) is 13.1 Å². The number of aromatic nitrogens is 2. The number of halogens is 1. The number of nitrogens with one attached hydrogen (secondary N) is 1.